The molecule has 1 unspecified atom stereocenters. The van der Waals surface area contributed by atoms with Crippen molar-refractivity contribution in [1.29, 1.82) is 0 Å². The van der Waals surface area contributed by atoms with E-state index in [1.165, 1.54) is 11.3 Å². The van der Waals surface area contributed by atoms with Crippen LogP contribution in [0.1, 0.15) is 39.6 Å². The zero-order valence-corrected chi connectivity index (χ0v) is 11.9. The van der Waals surface area contributed by atoms with E-state index in [1.54, 1.807) is 11.4 Å². The summed E-state index contributed by atoms with van der Waals surface area (Å²) in [5.41, 5.74) is 2.89. The summed E-state index contributed by atoms with van der Waals surface area (Å²) in [4.78, 5) is 12.6. The smallest absolute Gasteiger partial charge is 0.263 e. The number of thiophene rings is 1. The topological polar surface area (TPSA) is 57.8 Å². The Bertz CT molecular complexity index is 556. The van der Waals surface area contributed by atoms with Gasteiger partial charge in [-0.15, -0.1) is 11.3 Å². The largest absolute Gasteiger partial charge is 0.345 e. The van der Waals surface area contributed by atoms with E-state index in [2.05, 4.69) is 15.5 Å². The van der Waals surface area contributed by atoms with Crippen LogP contribution in [-0.2, 0) is 0 Å². The second kappa shape index (κ2) is 5.12. The molecule has 0 radical (unpaired) electrons. The van der Waals surface area contributed by atoms with Gasteiger partial charge in [0.25, 0.3) is 5.91 Å². The molecule has 4 nitrogen and oxygen atoms in total. The van der Waals surface area contributed by atoms with Gasteiger partial charge in [-0.3, -0.25) is 9.89 Å². The molecule has 96 valence electrons. The lowest BCUT2D eigenvalue weighted by molar-refractivity contribution is 0.0944. The summed E-state index contributed by atoms with van der Waals surface area (Å²) in [6.45, 7) is 5.79. The van der Waals surface area contributed by atoms with Gasteiger partial charge >= 0.3 is 0 Å². The maximum atomic E-state index is 12.0. The molecule has 2 rings (SSSR count). The quantitative estimate of drug-likeness (QED) is 0.908. The van der Waals surface area contributed by atoms with Crippen LogP contribution < -0.4 is 5.32 Å². The fraction of sp³-hybridized carbons (Fsp3) is 0.333. The summed E-state index contributed by atoms with van der Waals surface area (Å²) in [7, 11) is 0. The van der Waals surface area contributed by atoms with E-state index in [0.717, 1.165) is 17.0 Å². The minimum atomic E-state index is -0.150. The Balaban J connectivity index is 2.16. The first-order valence-corrected chi connectivity index (χ1v) is 6.81. The van der Waals surface area contributed by atoms with Crippen LogP contribution in [0.5, 0.6) is 0 Å². The average molecular weight is 284 g/mol. The lowest BCUT2D eigenvalue weighted by Crippen LogP contribution is -2.26. The highest BCUT2D eigenvalue weighted by Crippen LogP contribution is 2.24. The zero-order chi connectivity index (χ0) is 13.3. The first-order chi connectivity index (χ1) is 8.50. The number of halogens is 1. The van der Waals surface area contributed by atoms with E-state index in [1.807, 2.05) is 20.8 Å². The van der Waals surface area contributed by atoms with E-state index in [4.69, 9.17) is 11.6 Å². The summed E-state index contributed by atoms with van der Waals surface area (Å²) in [5, 5.41) is 12.3. The SMILES string of the molecule is Cc1n[nH]c(C)c1C(C)NC(=O)c1sccc1Cl. The minimum Gasteiger partial charge on any atom is -0.345 e. The Kier molecular flexibility index (Phi) is 3.73. The number of rotatable bonds is 3. The molecule has 0 spiro atoms. The van der Waals surface area contributed by atoms with E-state index < -0.39 is 0 Å². The van der Waals surface area contributed by atoms with E-state index >= 15 is 0 Å². The van der Waals surface area contributed by atoms with Gasteiger partial charge in [-0.25, -0.2) is 0 Å². The van der Waals surface area contributed by atoms with Gasteiger partial charge in [0.2, 0.25) is 0 Å². The van der Waals surface area contributed by atoms with Gasteiger partial charge in [-0.05, 0) is 32.2 Å². The maximum absolute atomic E-state index is 12.0. The van der Waals surface area contributed by atoms with E-state index in [-0.39, 0.29) is 11.9 Å². The number of nitrogens with zero attached hydrogens (tertiary/aromatic N) is 1. The predicted octanol–water partition coefficient (Wildman–Crippen LogP) is 3.23. The van der Waals surface area contributed by atoms with Crippen molar-refractivity contribution in [3.63, 3.8) is 0 Å². The minimum absolute atomic E-state index is 0.102. The number of carbonyl (C=O) groups excluding carboxylic acids is 1. The van der Waals surface area contributed by atoms with Crippen LogP contribution in [0, 0.1) is 13.8 Å². The van der Waals surface area contributed by atoms with Crippen molar-refractivity contribution >= 4 is 28.8 Å². The molecule has 0 aliphatic rings. The molecule has 6 heteroatoms. The fourth-order valence-corrected chi connectivity index (χ4v) is 3.03. The Morgan fingerprint density at radius 3 is 2.78 bits per heavy atom. The second-order valence-corrected chi connectivity index (χ2v) is 5.46. The van der Waals surface area contributed by atoms with Crippen molar-refractivity contribution in [3.05, 3.63) is 38.3 Å². The highest BCUT2D eigenvalue weighted by atomic mass is 35.5. The molecule has 0 bridgehead atoms. The third-order valence-electron chi connectivity index (χ3n) is 2.79. The lowest BCUT2D eigenvalue weighted by Gasteiger charge is -2.14. The van der Waals surface area contributed by atoms with Crippen molar-refractivity contribution in [2.24, 2.45) is 0 Å². The van der Waals surface area contributed by atoms with E-state index in [0.29, 0.717) is 9.90 Å². The first-order valence-electron chi connectivity index (χ1n) is 5.56. The Morgan fingerprint density at radius 2 is 2.28 bits per heavy atom. The molecule has 0 aromatic carbocycles. The van der Waals surface area contributed by atoms with Crippen molar-refractivity contribution in [1.82, 2.24) is 15.5 Å². The maximum Gasteiger partial charge on any atom is 0.263 e. The third kappa shape index (κ3) is 2.42. The van der Waals surface area contributed by atoms with Crippen molar-refractivity contribution < 1.29 is 4.79 Å². The molecule has 2 heterocycles. The van der Waals surface area contributed by atoms with Crippen LogP contribution in [-0.4, -0.2) is 16.1 Å². The number of aromatic amines is 1. The highest BCUT2D eigenvalue weighted by Gasteiger charge is 2.19. The van der Waals surface area contributed by atoms with Crippen LogP contribution in [0.2, 0.25) is 5.02 Å². The first kappa shape index (κ1) is 13.1. The van der Waals surface area contributed by atoms with Crippen LogP contribution in [0.4, 0.5) is 0 Å². The fourth-order valence-electron chi connectivity index (χ4n) is 1.99. The van der Waals surface area contributed by atoms with Crippen LogP contribution in [0.15, 0.2) is 11.4 Å². The molecule has 0 aliphatic heterocycles. The van der Waals surface area contributed by atoms with Gasteiger partial charge in [0.05, 0.1) is 16.8 Å². The molecule has 0 fully saturated rings. The molecular formula is C12H14ClN3OS. The van der Waals surface area contributed by atoms with Crippen molar-refractivity contribution in [3.8, 4) is 0 Å². The molecule has 0 aliphatic carbocycles. The molecule has 1 atom stereocenters. The molecule has 2 N–H and O–H groups in total. The Labute approximate surface area is 114 Å². The van der Waals surface area contributed by atoms with Gasteiger partial charge < -0.3 is 5.32 Å². The molecule has 2 aromatic rings. The van der Waals surface area contributed by atoms with Gasteiger partial charge in [-0.1, -0.05) is 11.6 Å². The normalized spacial score (nSPS) is 12.4. The highest BCUT2D eigenvalue weighted by molar-refractivity contribution is 7.12. The number of hydrogen-bond acceptors (Lipinski definition) is 3. The molecule has 0 saturated heterocycles. The molecular weight excluding hydrogens is 270 g/mol. The summed E-state index contributed by atoms with van der Waals surface area (Å²) < 4.78 is 0. The summed E-state index contributed by atoms with van der Waals surface area (Å²) in [6.07, 6.45) is 0. The predicted molar refractivity (Wildman–Crippen MR) is 73.3 cm³/mol. The number of nitrogens with one attached hydrogen (secondary N) is 2. The van der Waals surface area contributed by atoms with Crippen molar-refractivity contribution in [2.75, 3.05) is 0 Å². The van der Waals surface area contributed by atoms with Crippen molar-refractivity contribution in [2.45, 2.75) is 26.8 Å². The zero-order valence-electron chi connectivity index (χ0n) is 10.4. The third-order valence-corrected chi connectivity index (χ3v) is 4.13. The number of carbonyl (C=O) groups is 1. The number of amides is 1. The number of hydrogen-bond donors (Lipinski definition) is 2. The number of aromatic nitrogens is 2. The van der Waals surface area contributed by atoms with Gasteiger partial charge in [0.1, 0.15) is 4.88 Å². The van der Waals surface area contributed by atoms with Gasteiger partial charge in [-0.2, -0.15) is 5.10 Å². The molecule has 18 heavy (non-hydrogen) atoms. The Morgan fingerprint density at radius 1 is 1.56 bits per heavy atom. The van der Waals surface area contributed by atoms with Gasteiger partial charge in [0, 0.05) is 11.3 Å². The lowest BCUT2D eigenvalue weighted by atomic mass is 10.1. The molecule has 0 saturated carbocycles. The molecule has 1 amide bonds. The average Bonchev–Trinajstić information content (AvgIpc) is 2.85. The number of H-pyrrole nitrogens is 1. The summed E-state index contributed by atoms with van der Waals surface area (Å²) >= 11 is 7.27. The molecule has 2 aromatic heterocycles. The summed E-state index contributed by atoms with van der Waals surface area (Å²) in [5.74, 6) is -0.150. The van der Waals surface area contributed by atoms with E-state index in [9.17, 15) is 4.79 Å². The van der Waals surface area contributed by atoms with Crippen LogP contribution >= 0.6 is 22.9 Å². The number of aryl methyl sites for hydroxylation is 2. The van der Waals surface area contributed by atoms with Gasteiger partial charge in [0.15, 0.2) is 0 Å². The second-order valence-electron chi connectivity index (χ2n) is 4.14. The Hall–Kier alpha value is -1.33. The summed E-state index contributed by atoms with van der Waals surface area (Å²) in [6, 6.07) is 1.62. The monoisotopic (exact) mass is 283 g/mol. The van der Waals surface area contributed by atoms with Crippen LogP contribution in [0.3, 0.4) is 0 Å². The standard InChI is InChI=1S/C12H14ClN3OS/c1-6(10-7(2)15-16-8(10)3)14-12(17)11-9(13)4-5-18-11/h4-6H,1-3H3,(H,14,17)(H,15,16). The van der Waals surface area contributed by atoms with Crippen LogP contribution in [0.25, 0.3) is 0 Å².